The third kappa shape index (κ3) is 7.05. The molecule has 41 heavy (non-hydrogen) atoms. The molecule has 0 saturated carbocycles. The minimum Gasteiger partial charge on any atom is -0.414 e. The number of aliphatic hydroxyl groups excluding tert-OH is 4. The molecule has 10 nitrogen and oxygen atoms in total. The van der Waals surface area contributed by atoms with Gasteiger partial charge in [-0.15, -0.1) is 11.8 Å². The van der Waals surface area contributed by atoms with Crippen LogP contribution in [-0.2, 0) is 28.1 Å². The SMILES string of the molecule is CCS[C@@H]1O[C@H](CO[Si](C)(C)C(C)(C)C(C)C)[C@@H](O[C@H]2O[C@@H]3CO[C@@H](c4ccccc4)O[C@H]3[C@H](O)[C@H]2O)[C@H](O)[C@H]1O. The van der Waals surface area contributed by atoms with E-state index >= 15 is 0 Å². The summed E-state index contributed by atoms with van der Waals surface area (Å²) in [5.74, 6) is 1.07. The fourth-order valence-corrected chi connectivity index (χ4v) is 8.56. The smallest absolute Gasteiger partial charge is 0.192 e. The summed E-state index contributed by atoms with van der Waals surface area (Å²) in [5.41, 5.74) is 0.116. The van der Waals surface area contributed by atoms with Crippen LogP contribution in [0.3, 0.4) is 0 Å². The molecule has 3 saturated heterocycles. The highest BCUT2D eigenvalue weighted by Crippen LogP contribution is 2.45. The average Bonchev–Trinajstić information content (AvgIpc) is 2.94. The van der Waals surface area contributed by atoms with E-state index in [2.05, 4.69) is 40.8 Å². The van der Waals surface area contributed by atoms with Crippen molar-refractivity contribution in [2.24, 2.45) is 5.92 Å². The first-order valence-corrected chi connectivity index (χ1v) is 18.5. The fraction of sp³-hybridized carbons (Fsp3) is 0.793. The quantitative estimate of drug-likeness (QED) is 0.289. The fourth-order valence-electron chi connectivity index (χ4n) is 5.31. The highest BCUT2D eigenvalue weighted by atomic mass is 32.2. The Balaban J connectivity index is 1.48. The van der Waals surface area contributed by atoms with Crippen molar-refractivity contribution in [1.29, 1.82) is 0 Å². The maximum atomic E-state index is 11.2. The summed E-state index contributed by atoms with van der Waals surface area (Å²) in [6, 6.07) is 9.33. The first kappa shape index (κ1) is 33.3. The lowest BCUT2D eigenvalue weighted by molar-refractivity contribution is -0.377. The van der Waals surface area contributed by atoms with Gasteiger partial charge in [-0.1, -0.05) is 65.0 Å². The number of ether oxygens (including phenoxy) is 5. The molecule has 1 aromatic rings. The van der Waals surface area contributed by atoms with Crippen LogP contribution in [0.4, 0.5) is 0 Å². The molecule has 4 N–H and O–H groups in total. The topological polar surface area (TPSA) is 136 Å². The van der Waals surface area contributed by atoms with Gasteiger partial charge in [0.15, 0.2) is 20.9 Å². The second kappa shape index (κ2) is 13.6. The van der Waals surface area contributed by atoms with E-state index < -0.39 is 75.2 Å². The number of hydrogen-bond acceptors (Lipinski definition) is 11. The highest BCUT2D eigenvalue weighted by molar-refractivity contribution is 7.99. The monoisotopic (exact) mass is 616 g/mol. The van der Waals surface area contributed by atoms with Crippen LogP contribution in [-0.4, -0.2) is 108 Å². The van der Waals surface area contributed by atoms with Gasteiger partial charge in [-0.25, -0.2) is 0 Å². The van der Waals surface area contributed by atoms with Crippen LogP contribution in [0.1, 0.15) is 46.5 Å². The van der Waals surface area contributed by atoms with E-state index in [1.807, 2.05) is 37.3 Å². The van der Waals surface area contributed by atoms with Crippen molar-refractivity contribution in [3.63, 3.8) is 0 Å². The molecule has 3 aliphatic rings. The predicted molar refractivity (Wildman–Crippen MR) is 157 cm³/mol. The summed E-state index contributed by atoms with van der Waals surface area (Å²) in [5, 5.41) is 44.1. The molecule has 3 fully saturated rings. The van der Waals surface area contributed by atoms with E-state index in [1.54, 1.807) is 0 Å². The van der Waals surface area contributed by atoms with Crippen LogP contribution in [0.25, 0.3) is 0 Å². The summed E-state index contributed by atoms with van der Waals surface area (Å²) in [6.07, 6.45) is -10.8. The Morgan fingerprint density at radius 3 is 2.29 bits per heavy atom. The Morgan fingerprint density at radius 1 is 0.976 bits per heavy atom. The van der Waals surface area contributed by atoms with Crippen molar-refractivity contribution in [3.05, 3.63) is 35.9 Å². The van der Waals surface area contributed by atoms with Crippen LogP contribution in [0.5, 0.6) is 0 Å². The molecule has 0 spiro atoms. The maximum Gasteiger partial charge on any atom is 0.192 e. The van der Waals surface area contributed by atoms with Crippen molar-refractivity contribution in [2.75, 3.05) is 19.0 Å². The summed E-state index contributed by atoms with van der Waals surface area (Å²) in [6.45, 7) is 15.3. The standard InChI is InChI=1S/C29H48O10SSi/c1-8-40-28-23(33)21(31)25(19(37-28)15-35-41(6,7)29(4,5)16(2)3)39-27-22(32)20(30)24-18(36-27)14-34-26(38-24)17-12-10-9-11-13-17/h9-13,16,18-28,30-33H,8,14-15H2,1-7H3/t18-,19-,20-,21-,22-,23-,24-,25-,26-,27-,28+/m1/s1. The molecule has 234 valence electrons. The lowest BCUT2D eigenvalue weighted by atomic mass is 9.96. The van der Waals surface area contributed by atoms with Gasteiger partial charge in [-0.3, -0.25) is 0 Å². The van der Waals surface area contributed by atoms with E-state index in [-0.39, 0.29) is 18.3 Å². The van der Waals surface area contributed by atoms with Gasteiger partial charge in [0.2, 0.25) is 0 Å². The number of fused-ring (bicyclic) bond motifs is 1. The summed E-state index contributed by atoms with van der Waals surface area (Å²) < 4.78 is 36.8. The van der Waals surface area contributed by atoms with Gasteiger partial charge in [0.1, 0.15) is 54.3 Å². The van der Waals surface area contributed by atoms with E-state index in [0.29, 0.717) is 11.7 Å². The van der Waals surface area contributed by atoms with E-state index in [0.717, 1.165) is 5.56 Å². The van der Waals surface area contributed by atoms with Crippen molar-refractivity contribution in [2.45, 2.75) is 120 Å². The lowest BCUT2D eigenvalue weighted by Gasteiger charge is -2.49. The zero-order valence-electron chi connectivity index (χ0n) is 25.1. The molecule has 0 amide bonds. The molecular weight excluding hydrogens is 568 g/mol. The molecule has 0 bridgehead atoms. The molecular formula is C29H48O10SSi. The zero-order chi connectivity index (χ0) is 30.1. The van der Waals surface area contributed by atoms with Crippen LogP contribution in [0.15, 0.2) is 30.3 Å². The molecule has 0 unspecified atom stereocenters. The third-order valence-electron chi connectivity index (χ3n) is 9.27. The Kier molecular flexibility index (Phi) is 11.0. The Hall–Kier alpha value is -0.613. The molecule has 11 atom stereocenters. The molecule has 3 heterocycles. The van der Waals surface area contributed by atoms with Crippen LogP contribution in [0.2, 0.25) is 18.1 Å². The van der Waals surface area contributed by atoms with E-state index in [4.69, 9.17) is 28.1 Å². The largest absolute Gasteiger partial charge is 0.414 e. The van der Waals surface area contributed by atoms with E-state index in [1.165, 1.54) is 11.8 Å². The van der Waals surface area contributed by atoms with Crippen molar-refractivity contribution in [1.82, 2.24) is 0 Å². The summed E-state index contributed by atoms with van der Waals surface area (Å²) in [7, 11) is -2.26. The third-order valence-corrected chi connectivity index (χ3v) is 14.9. The van der Waals surface area contributed by atoms with Gasteiger partial charge in [0.05, 0.1) is 13.2 Å². The maximum absolute atomic E-state index is 11.2. The number of hydrogen-bond donors (Lipinski definition) is 4. The molecule has 0 aromatic heterocycles. The minimum absolute atomic E-state index is 0.0475. The first-order valence-electron chi connectivity index (χ1n) is 14.5. The van der Waals surface area contributed by atoms with Gasteiger partial charge in [-0.05, 0) is 29.8 Å². The predicted octanol–water partition coefficient (Wildman–Crippen LogP) is 2.79. The minimum atomic E-state index is -2.26. The van der Waals surface area contributed by atoms with Gasteiger partial charge in [0.25, 0.3) is 0 Å². The highest BCUT2D eigenvalue weighted by Gasteiger charge is 2.53. The van der Waals surface area contributed by atoms with Gasteiger partial charge in [-0.2, -0.15) is 0 Å². The summed E-state index contributed by atoms with van der Waals surface area (Å²) >= 11 is 1.39. The number of aliphatic hydroxyl groups is 4. The average molecular weight is 617 g/mol. The Morgan fingerprint density at radius 2 is 1.66 bits per heavy atom. The van der Waals surface area contributed by atoms with Gasteiger partial charge in [0, 0.05) is 5.56 Å². The van der Waals surface area contributed by atoms with E-state index in [9.17, 15) is 20.4 Å². The normalized spacial score (nSPS) is 38.6. The van der Waals surface area contributed by atoms with Crippen LogP contribution in [0, 0.1) is 5.92 Å². The first-order chi connectivity index (χ1) is 19.3. The number of thioether (sulfide) groups is 1. The second-order valence-electron chi connectivity index (χ2n) is 12.5. The second-order valence-corrected chi connectivity index (χ2v) is 18.5. The zero-order valence-corrected chi connectivity index (χ0v) is 26.9. The molecule has 4 rings (SSSR count). The molecule has 0 radical (unpaired) electrons. The van der Waals surface area contributed by atoms with Crippen LogP contribution < -0.4 is 0 Å². The van der Waals surface area contributed by atoms with Crippen molar-refractivity contribution in [3.8, 4) is 0 Å². The van der Waals surface area contributed by atoms with Crippen molar-refractivity contribution < 1.29 is 48.5 Å². The Labute approximate surface area is 248 Å². The molecule has 0 aliphatic carbocycles. The molecule has 1 aromatic carbocycles. The molecule has 12 heteroatoms. The van der Waals surface area contributed by atoms with Gasteiger partial charge < -0.3 is 48.5 Å². The summed E-state index contributed by atoms with van der Waals surface area (Å²) in [4.78, 5) is 0. The van der Waals surface area contributed by atoms with Crippen LogP contribution >= 0.6 is 11.8 Å². The molecule has 3 aliphatic heterocycles. The van der Waals surface area contributed by atoms with Gasteiger partial charge >= 0.3 is 0 Å². The Bertz CT molecular complexity index is 966. The lowest BCUT2D eigenvalue weighted by Crippen LogP contribution is -2.65. The van der Waals surface area contributed by atoms with Crippen molar-refractivity contribution >= 4 is 20.1 Å². The number of rotatable bonds is 10. The number of benzene rings is 1.